The zero-order valence-corrected chi connectivity index (χ0v) is 11.9. The Bertz CT molecular complexity index is 692. The lowest BCUT2D eigenvalue weighted by atomic mass is 9.92. The molecule has 2 aromatic rings. The van der Waals surface area contributed by atoms with Crippen molar-refractivity contribution < 1.29 is 18.3 Å². The Hall–Kier alpha value is -1.48. The van der Waals surface area contributed by atoms with E-state index in [9.17, 15) is 13.5 Å². The number of nitrogens with zero attached hydrogens (tertiary/aromatic N) is 1. The number of aromatic nitrogens is 1. The number of sulfonamides is 1. The van der Waals surface area contributed by atoms with Crippen LogP contribution in [0.2, 0.25) is 0 Å². The minimum Gasteiger partial charge on any atom is -0.380 e. The predicted octanol–water partition coefficient (Wildman–Crippen LogP) is 1.16. The smallest absolute Gasteiger partial charge is 0.272 e. The van der Waals surface area contributed by atoms with Gasteiger partial charge in [0.15, 0.2) is 4.21 Å². The Morgan fingerprint density at radius 2 is 1.95 bits per heavy atom. The van der Waals surface area contributed by atoms with Crippen LogP contribution in [0.5, 0.6) is 0 Å². The van der Waals surface area contributed by atoms with Crippen molar-refractivity contribution in [3.8, 4) is 0 Å². The van der Waals surface area contributed by atoms with Gasteiger partial charge in [-0.2, -0.15) is 4.37 Å². The van der Waals surface area contributed by atoms with E-state index in [-0.39, 0.29) is 17.4 Å². The van der Waals surface area contributed by atoms with Crippen molar-refractivity contribution in [2.45, 2.75) is 9.81 Å². The average Bonchev–Trinajstić information content (AvgIpc) is 2.91. The summed E-state index contributed by atoms with van der Waals surface area (Å²) in [4.78, 5) is 0. The van der Waals surface area contributed by atoms with E-state index < -0.39 is 15.6 Å². The molecule has 0 saturated carbocycles. The Morgan fingerprint density at radius 1 is 1.25 bits per heavy atom. The molecule has 1 aromatic heterocycles. The van der Waals surface area contributed by atoms with Crippen molar-refractivity contribution in [3.05, 3.63) is 42.1 Å². The maximum Gasteiger partial charge on any atom is 0.272 e. The van der Waals surface area contributed by atoms with Crippen molar-refractivity contribution in [1.29, 1.82) is 0 Å². The molecule has 1 aliphatic heterocycles. The van der Waals surface area contributed by atoms with Gasteiger partial charge < -0.3 is 9.84 Å². The molecule has 0 unspecified atom stereocenters. The van der Waals surface area contributed by atoms with Crippen LogP contribution in [0.1, 0.15) is 5.56 Å². The van der Waals surface area contributed by atoms with Crippen LogP contribution >= 0.6 is 11.5 Å². The Kier molecular flexibility index (Phi) is 3.25. The fourth-order valence-electron chi connectivity index (χ4n) is 1.86. The molecule has 0 atom stereocenters. The number of hydrogen-bond acceptors (Lipinski definition) is 6. The fraction of sp³-hybridized carbons (Fsp3) is 0.250. The molecule has 1 aliphatic rings. The van der Waals surface area contributed by atoms with E-state index in [4.69, 9.17) is 4.74 Å². The van der Waals surface area contributed by atoms with E-state index >= 15 is 0 Å². The number of rotatable bonds is 4. The zero-order chi connectivity index (χ0) is 14.2. The molecule has 6 nitrogen and oxygen atoms in total. The highest BCUT2D eigenvalue weighted by Crippen LogP contribution is 2.30. The first kappa shape index (κ1) is 13.5. The molecule has 1 saturated heterocycles. The lowest BCUT2D eigenvalue weighted by molar-refractivity contribution is -0.184. The summed E-state index contributed by atoms with van der Waals surface area (Å²) in [5.41, 5.74) is 0.199. The molecule has 8 heteroatoms. The van der Waals surface area contributed by atoms with E-state index in [1.54, 1.807) is 24.3 Å². The molecule has 2 heterocycles. The Balaban J connectivity index is 1.79. The molecule has 20 heavy (non-hydrogen) atoms. The summed E-state index contributed by atoms with van der Waals surface area (Å²) < 4.78 is 35.4. The van der Waals surface area contributed by atoms with Crippen molar-refractivity contribution in [1.82, 2.24) is 4.37 Å². The third-order valence-corrected chi connectivity index (χ3v) is 5.63. The van der Waals surface area contributed by atoms with Gasteiger partial charge in [-0.1, -0.05) is 12.1 Å². The standard InChI is InChI=1S/C12H12N2O4S2/c15-12(7-18-8-12)9-1-3-10(4-2-9)14-20(16,17)11-5-6-13-19-11/h1-6,14-15H,7-8H2. The summed E-state index contributed by atoms with van der Waals surface area (Å²) >= 11 is 0.912. The fourth-order valence-corrected chi connectivity index (χ4v) is 3.64. The van der Waals surface area contributed by atoms with E-state index in [1.165, 1.54) is 12.3 Å². The van der Waals surface area contributed by atoms with Crippen LogP contribution in [0.4, 0.5) is 5.69 Å². The first-order valence-corrected chi connectivity index (χ1v) is 8.09. The van der Waals surface area contributed by atoms with Crippen LogP contribution in [0.3, 0.4) is 0 Å². The molecule has 106 valence electrons. The second-order valence-electron chi connectivity index (χ2n) is 4.54. The van der Waals surface area contributed by atoms with Crippen molar-refractivity contribution in [2.24, 2.45) is 0 Å². The SMILES string of the molecule is O=S(=O)(Nc1ccc(C2(O)COC2)cc1)c1ccns1. The molecular weight excluding hydrogens is 300 g/mol. The molecule has 1 fully saturated rings. The monoisotopic (exact) mass is 312 g/mol. The Morgan fingerprint density at radius 3 is 2.45 bits per heavy atom. The highest BCUT2D eigenvalue weighted by atomic mass is 32.2. The summed E-state index contributed by atoms with van der Waals surface area (Å²) in [5, 5.41) is 10.1. The maximum absolute atomic E-state index is 12.0. The lowest BCUT2D eigenvalue weighted by Gasteiger charge is -2.36. The predicted molar refractivity (Wildman–Crippen MR) is 74.1 cm³/mol. The van der Waals surface area contributed by atoms with Gasteiger partial charge in [0, 0.05) is 11.9 Å². The zero-order valence-electron chi connectivity index (χ0n) is 10.3. The second kappa shape index (κ2) is 4.81. The van der Waals surface area contributed by atoms with Crippen molar-refractivity contribution >= 4 is 27.2 Å². The molecule has 1 aromatic carbocycles. The highest BCUT2D eigenvalue weighted by molar-refractivity contribution is 7.94. The van der Waals surface area contributed by atoms with E-state index in [1.807, 2.05) is 0 Å². The van der Waals surface area contributed by atoms with Crippen LogP contribution in [-0.2, 0) is 20.4 Å². The van der Waals surface area contributed by atoms with E-state index in [0.29, 0.717) is 11.3 Å². The molecule has 0 radical (unpaired) electrons. The van der Waals surface area contributed by atoms with Crippen LogP contribution in [0.15, 0.2) is 40.7 Å². The number of nitrogens with one attached hydrogen (secondary N) is 1. The summed E-state index contributed by atoms with van der Waals surface area (Å²) in [7, 11) is -3.59. The van der Waals surface area contributed by atoms with E-state index in [0.717, 1.165) is 11.5 Å². The van der Waals surface area contributed by atoms with Gasteiger partial charge in [-0.15, -0.1) is 0 Å². The van der Waals surface area contributed by atoms with Gasteiger partial charge in [-0.3, -0.25) is 4.72 Å². The molecule has 3 rings (SSSR count). The average molecular weight is 312 g/mol. The first-order chi connectivity index (χ1) is 9.50. The van der Waals surface area contributed by atoms with Gasteiger partial charge in [-0.05, 0) is 35.3 Å². The Labute approximate surface area is 120 Å². The molecular formula is C12H12N2O4S2. The first-order valence-electron chi connectivity index (χ1n) is 5.84. The summed E-state index contributed by atoms with van der Waals surface area (Å²) in [6.45, 7) is 0.526. The van der Waals surface area contributed by atoms with E-state index in [2.05, 4.69) is 9.10 Å². The number of hydrogen-bond donors (Lipinski definition) is 2. The molecule has 0 aliphatic carbocycles. The number of aliphatic hydroxyl groups is 1. The highest BCUT2D eigenvalue weighted by Gasteiger charge is 2.37. The topological polar surface area (TPSA) is 88.5 Å². The second-order valence-corrected chi connectivity index (χ2v) is 7.28. The third-order valence-electron chi connectivity index (χ3n) is 3.04. The van der Waals surface area contributed by atoms with Crippen LogP contribution in [0.25, 0.3) is 0 Å². The number of benzene rings is 1. The summed E-state index contributed by atoms with van der Waals surface area (Å²) in [6, 6.07) is 8.05. The minimum absolute atomic E-state index is 0.160. The largest absolute Gasteiger partial charge is 0.380 e. The van der Waals surface area contributed by atoms with Crippen LogP contribution in [-0.4, -0.2) is 31.1 Å². The maximum atomic E-state index is 12.0. The molecule has 2 N–H and O–H groups in total. The van der Waals surface area contributed by atoms with Gasteiger partial charge in [0.25, 0.3) is 10.0 Å². The quantitative estimate of drug-likeness (QED) is 0.884. The molecule has 0 spiro atoms. The van der Waals surface area contributed by atoms with Crippen LogP contribution in [0, 0.1) is 0 Å². The summed E-state index contributed by atoms with van der Waals surface area (Å²) in [6.07, 6.45) is 1.44. The minimum atomic E-state index is -3.59. The lowest BCUT2D eigenvalue weighted by Crippen LogP contribution is -2.46. The van der Waals surface area contributed by atoms with Gasteiger partial charge in [-0.25, -0.2) is 8.42 Å². The third kappa shape index (κ3) is 2.42. The van der Waals surface area contributed by atoms with Gasteiger partial charge >= 0.3 is 0 Å². The van der Waals surface area contributed by atoms with Crippen molar-refractivity contribution in [2.75, 3.05) is 17.9 Å². The summed E-state index contributed by atoms with van der Waals surface area (Å²) in [5.74, 6) is 0. The number of ether oxygens (including phenoxy) is 1. The normalized spacial score (nSPS) is 17.4. The van der Waals surface area contributed by atoms with Gasteiger partial charge in [0.05, 0.1) is 13.2 Å². The van der Waals surface area contributed by atoms with Gasteiger partial charge in [0.1, 0.15) is 5.60 Å². The van der Waals surface area contributed by atoms with Crippen molar-refractivity contribution in [3.63, 3.8) is 0 Å². The number of anilines is 1. The van der Waals surface area contributed by atoms with Crippen LogP contribution < -0.4 is 4.72 Å². The molecule has 0 amide bonds. The molecule has 0 bridgehead atoms. The van der Waals surface area contributed by atoms with Gasteiger partial charge in [0.2, 0.25) is 0 Å².